The van der Waals surface area contributed by atoms with E-state index in [-0.39, 0.29) is 12.3 Å². The van der Waals surface area contributed by atoms with E-state index in [1.54, 1.807) is 0 Å². The molecule has 1 saturated heterocycles. The molecule has 1 aliphatic heterocycles. The maximum absolute atomic E-state index is 12.1. The summed E-state index contributed by atoms with van der Waals surface area (Å²) >= 11 is 1.88. The van der Waals surface area contributed by atoms with Crippen LogP contribution in [0.4, 0.5) is 0 Å². The smallest absolute Gasteiger partial charge is 0.303 e. The van der Waals surface area contributed by atoms with Crippen molar-refractivity contribution < 1.29 is 14.7 Å². The molecule has 1 rings (SSSR count). The molecule has 17 heavy (non-hydrogen) atoms. The summed E-state index contributed by atoms with van der Waals surface area (Å²) < 4.78 is 0. The number of carboxylic acid groups (broad SMARTS) is 1. The Morgan fingerprint density at radius 1 is 1.41 bits per heavy atom. The van der Waals surface area contributed by atoms with E-state index in [4.69, 9.17) is 5.11 Å². The molecule has 0 bridgehead atoms. The first kappa shape index (κ1) is 14.4. The zero-order valence-corrected chi connectivity index (χ0v) is 11.5. The lowest BCUT2D eigenvalue weighted by atomic mass is 9.85. The fourth-order valence-corrected chi connectivity index (χ4v) is 3.05. The van der Waals surface area contributed by atoms with Crippen LogP contribution in [0.5, 0.6) is 0 Å². The summed E-state index contributed by atoms with van der Waals surface area (Å²) in [6.45, 7) is 7.36. The maximum Gasteiger partial charge on any atom is 0.303 e. The van der Waals surface area contributed by atoms with Gasteiger partial charge >= 0.3 is 5.97 Å². The first-order valence-corrected chi connectivity index (χ1v) is 6.96. The molecule has 0 aliphatic carbocycles. The number of hydrogen-bond donors (Lipinski definition) is 1. The minimum atomic E-state index is -0.842. The number of rotatable bonds is 4. The Labute approximate surface area is 107 Å². The molecule has 0 aromatic rings. The minimum Gasteiger partial charge on any atom is -0.481 e. The van der Waals surface area contributed by atoms with Crippen LogP contribution in [0.2, 0.25) is 0 Å². The van der Waals surface area contributed by atoms with Crippen molar-refractivity contribution in [3.63, 3.8) is 0 Å². The molecule has 0 saturated carbocycles. The second-order valence-corrected chi connectivity index (χ2v) is 6.98. The van der Waals surface area contributed by atoms with Crippen molar-refractivity contribution in [3.8, 4) is 0 Å². The number of carboxylic acids is 1. The van der Waals surface area contributed by atoms with Gasteiger partial charge < -0.3 is 10.0 Å². The summed E-state index contributed by atoms with van der Waals surface area (Å²) in [4.78, 5) is 24.6. The Balaban J connectivity index is 2.50. The monoisotopic (exact) mass is 259 g/mol. The minimum absolute atomic E-state index is 0.0386. The zero-order valence-electron chi connectivity index (χ0n) is 10.7. The van der Waals surface area contributed by atoms with Crippen LogP contribution in [0.25, 0.3) is 0 Å². The molecule has 0 radical (unpaired) electrons. The van der Waals surface area contributed by atoms with Gasteiger partial charge in [0.2, 0.25) is 5.91 Å². The van der Waals surface area contributed by atoms with E-state index in [1.807, 2.05) is 30.5 Å². The molecule has 0 spiro atoms. The third kappa shape index (κ3) is 4.98. The molecule has 0 aromatic carbocycles. The quantitative estimate of drug-likeness (QED) is 0.837. The van der Waals surface area contributed by atoms with Gasteiger partial charge in [-0.1, -0.05) is 20.8 Å². The normalized spacial score (nSPS) is 21.4. The van der Waals surface area contributed by atoms with E-state index in [2.05, 4.69) is 6.92 Å². The molecule has 1 N–H and O–H groups in total. The molecule has 98 valence electrons. The first-order valence-electron chi connectivity index (χ1n) is 5.91. The van der Waals surface area contributed by atoms with E-state index >= 15 is 0 Å². The predicted octanol–water partition coefficient (Wildman–Crippen LogP) is 1.84. The maximum atomic E-state index is 12.1. The van der Waals surface area contributed by atoms with Gasteiger partial charge in [-0.25, -0.2) is 0 Å². The van der Waals surface area contributed by atoms with Crippen molar-refractivity contribution in [1.82, 2.24) is 4.90 Å². The number of amides is 1. The summed E-state index contributed by atoms with van der Waals surface area (Å²) in [6, 6.07) is 0. The van der Waals surface area contributed by atoms with Crippen molar-refractivity contribution >= 4 is 23.6 Å². The lowest BCUT2D eigenvalue weighted by Gasteiger charge is -2.33. The highest BCUT2D eigenvalue weighted by atomic mass is 32.2. The van der Waals surface area contributed by atoms with Crippen LogP contribution in [0.15, 0.2) is 0 Å². The Morgan fingerprint density at radius 2 is 2.06 bits per heavy atom. The van der Waals surface area contributed by atoms with Crippen LogP contribution in [0, 0.1) is 5.41 Å². The van der Waals surface area contributed by atoms with Gasteiger partial charge in [-0.2, -0.15) is 11.8 Å². The summed E-state index contributed by atoms with van der Waals surface area (Å²) in [6.07, 6.45) is 0.355. The molecular weight excluding hydrogens is 238 g/mol. The molecule has 5 heteroatoms. The number of thioether (sulfide) groups is 1. The standard InChI is InChI=1S/C12H21NO3S/c1-9-8-13(4-5-17-9)10(14)6-12(2,3)7-11(15)16/h9H,4-8H2,1-3H3,(H,15,16). The predicted molar refractivity (Wildman–Crippen MR) is 69.2 cm³/mol. The molecule has 1 fully saturated rings. The van der Waals surface area contributed by atoms with Gasteiger partial charge in [0.05, 0.1) is 6.42 Å². The van der Waals surface area contributed by atoms with E-state index in [1.165, 1.54) is 0 Å². The molecule has 1 aliphatic rings. The van der Waals surface area contributed by atoms with Crippen molar-refractivity contribution in [3.05, 3.63) is 0 Å². The first-order chi connectivity index (χ1) is 7.80. The SMILES string of the molecule is CC1CN(C(=O)CC(C)(C)CC(=O)O)CCS1. The summed E-state index contributed by atoms with van der Waals surface area (Å²) in [5.41, 5.74) is -0.462. The van der Waals surface area contributed by atoms with Gasteiger partial charge in [0.1, 0.15) is 0 Å². The van der Waals surface area contributed by atoms with E-state index in [0.29, 0.717) is 11.7 Å². The molecule has 1 unspecified atom stereocenters. The number of aliphatic carboxylic acids is 1. The van der Waals surface area contributed by atoms with E-state index in [0.717, 1.165) is 18.8 Å². The molecule has 0 aromatic heterocycles. The molecule has 1 amide bonds. The number of nitrogens with zero attached hydrogens (tertiary/aromatic N) is 1. The highest BCUT2D eigenvalue weighted by Crippen LogP contribution is 2.27. The number of carbonyl (C=O) groups is 2. The van der Waals surface area contributed by atoms with Crippen molar-refractivity contribution in [1.29, 1.82) is 0 Å². The van der Waals surface area contributed by atoms with Crippen LogP contribution >= 0.6 is 11.8 Å². The second-order valence-electron chi connectivity index (χ2n) is 5.43. The summed E-state index contributed by atoms with van der Waals surface area (Å²) in [5, 5.41) is 9.27. The average molecular weight is 259 g/mol. The lowest BCUT2D eigenvalue weighted by Crippen LogP contribution is -2.42. The van der Waals surface area contributed by atoms with Gasteiger partial charge in [-0.3, -0.25) is 9.59 Å². The summed E-state index contributed by atoms with van der Waals surface area (Å²) in [7, 11) is 0. The van der Waals surface area contributed by atoms with E-state index in [9.17, 15) is 9.59 Å². The highest BCUT2D eigenvalue weighted by molar-refractivity contribution is 7.99. The van der Waals surface area contributed by atoms with Crippen molar-refractivity contribution in [2.24, 2.45) is 5.41 Å². The lowest BCUT2D eigenvalue weighted by molar-refractivity contribution is -0.140. The Kier molecular flexibility index (Phi) is 4.86. The third-order valence-electron chi connectivity index (χ3n) is 2.85. The Bertz CT molecular complexity index is 304. The average Bonchev–Trinajstić information content (AvgIpc) is 2.14. The van der Waals surface area contributed by atoms with Gasteiger partial charge in [0.15, 0.2) is 0 Å². The van der Waals surface area contributed by atoms with Crippen LogP contribution in [-0.4, -0.2) is 46.0 Å². The molecule has 4 nitrogen and oxygen atoms in total. The molecular formula is C12H21NO3S. The van der Waals surface area contributed by atoms with Crippen molar-refractivity contribution in [2.45, 2.75) is 38.9 Å². The van der Waals surface area contributed by atoms with Gasteiger partial charge in [-0.05, 0) is 5.41 Å². The largest absolute Gasteiger partial charge is 0.481 e. The molecule has 1 heterocycles. The van der Waals surface area contributed by atoms with Gasteiger partial charge in [-0.15, -0.1) is 0 Å². The number of hydrogen-bond acceptors (Lipinski definition) is 3. The fourth-order valence-electron chi connectivity index (χ4n) is 2.04. The van der Waals surface area contributed by atoms with Crippen molar-refractivity contribution in [2.75, 3.05) is 18.8 Å². The van der Waals surface area contributed by atoms with Crippen LogP contribution in [-0.2, 0) is 9.59 Å². The zero-order chi connectivity index (χ0) is 13.1. The Hall–Kier alpha value is -0.710. The van der Waals surface area contributed by atoms with Crippen LogP contribution in [0.3, 0.4) is 0 Å². The van der Waals surface area contributed by atoms with E-state index < -0.39 is 11.4 Å². The Morgan fingerprint density at radius 3 is 2.59 bits per heavy atom. The van der Waals surface area contributed by atoms with Crippen LogP contribution in [0.1, 0.15) is 33.6 Å². The third-order valence-corrected chi connectivity index (χ3v) is 3.99. The number of carbonyl (C=O) groups excluding carboxylic acids is 1. The topological polar surface area (TPSA) is 57.6 Å². The van der Waals surface area contributed by atoms with Gasteiger partial charge in [0.25, 0.3) is 0 Å². The summed E-state index contributed by atoms with van der Waals surface area (Å²) in [5.74, 6) is 0.223. The molecule has 1 atom stereocenters. The fraction of sp³-hybridized carbons (Fsp3) is 0.833. The van der Waals surface area contributed by atoms with Gasteiger partial charge in [0, 0.05) is 30.5 Å². The van der Waals surface area contributed by atoms with Crippen LogP contribution < -0.4 is 0 Å². The second kappa shape index (κ2) is 5.76. The highest BCUT2D eigenvalue weighted by Gasteiger charge is 2.29.